The minimum atomic E-state index is -0.0699. The number of benzene rings is 4. The molecular weight excluding hydrogens is 502 g/mol. The lowest BCUT2D eigenvalue weighted by atomic mass is 9.91. The zero-order valence-corrected chi connectivity index (χ0v) is 22.5. The first-order chi connectivity index (χ1) is 20.3. The molecule has 0 amide bonds. The molecule has 41 heavy (non-hydrogen) atoms. The molecule has 8 rings (SSSR count). The standard InChI is InChI=1S/C37H27N3O/c1-2-10-26(11-3-1)35-38-36(27-20-17-25(18-21-27)29-22-19-24-9-4-5-12-28(24)23-29)40-37(39-35)32-15-8-14-31-30-13-6-7-16-33(30)41-34(31)32/h1-2,4-10,12-14,16-23,32H,3,11,15H2. The van der Waals surface area contributed by atoms with Crippen LogP contribution in [0.5, 0.6) is 0 Å². The van der Waals surface area contributed by atoms with Crippen molar-refractivity contribution in [3.05, 3.63) is 138 Å². The Labute approximate surface area is 238 Å². The summed E-state index contributed by atoms with van der Waals surface area (Å²) < 4.78 is 6.41. The highest BCUT2D eigenvalue weighted by Gasteiger charge is 2.29. The van der Waals surface area contributed by atoms with Gasteiger partial charge in [0.15, 0.2) is 11.6 Å². The van der Waals surface area contributed by atoms with Crippen LogP contribution in [0.4, 0.5) is 0 Å². The molecule has 1 atom stereocenters. The van der Waals surface area contributed by atoms with Gasteiger partial charge in [0.05, 0.1) is 5.92 Å². The molecule has 0 bridgehead atoms. The Morgan fingerprint density at radius 2 is 1.46 bits per heavy atom. The number of nitrogens with zero attached hydrogens (tertiary/aromatic N) is 3. The minimum Gasteiger partial charge on any atom is -0.460 e. The van der Waals surface area contributed by atoms with E-state index in [-0.39, 0.29) is 5.92 Å². The number of allylic oxidation sites excluding steroid dienone is 5. The van der Waals surface area contributed by atoms with Crippen LogP contribution in [0.25, 0.3) is 55.9 Å². The third-order valence-electron chi connectivity index (χ3n) is 8.13. The predicted molar refractivity (Wildman–Crippen MR) is 166 cm³/mol. The molecule has 4 heteroatoms. The second kappa shape index (κ2) is 9.83. The summed E-state index contributed by atoms with van der Waals surface area (Å²) in [5.41, 5.74) is 6.49. The highest BCUT2D eigenvalue weighted by atomic mass is 16.3. The molecule has 0 fully saturated rings. The molecule has 0 aliphatic heterocycles. The van der Waals surface area contributed by atoms with E-state index in [9.17, 15) is 0 Å². The third kappa shape index (κ3) is 4.29. The highest BCUT2D eigenvalue weighted by Crippen LogP contribution is 2.40. The zero-order valence-electron chi connectivity index (χ0n) is 22.5. The summed E-state index contributed by atoms with van der Waals surface area (Å²) in [6.07, 6.45) is 13.5. The fourth-order valence-electron chi connectivity index (χ4n) is 5.96. The number of rotatable bonds is 4. The molecule has 0 saturated carbocycles. The SMILES string of the molecule is C1=CCCC(c2nc(-c3ccc(-c4ccc5ccccc5c4)cc3)nc(C3CC=Cc4c3oc3ccccc43)n2)=C1. The number of fused-ring (bicyclic) bond motifs is 4. The summed E-state index contributed by atoms with van der Waals surface area (Å²) in [6, 6.07) is 31.8. The lowest BCUT2D eigenvalue weighted by Gasteiger charge is -2.18. The van der Waals surface area contributed by atoms with Crippen molar-refractivity contribution in [2.45, 2.75) is 25.2 Å². The number of hydrogen-bond donors (Lipinski definition) is 0. The van der Waals surface area contributed by atoms with Crippen molar-refractivity contribution in [3.8, 4) is 22.5 Å². The lowest BCUT2D eigenvalue weighted by molar-refractivity contribution is 0.505. The van der Waals surface area contributed by atoms with E-state index in [1.165, 1.54) is 21.9 Å². The molecule has 0 spiro atoms. The summed E-state index contributed by atoms with van der Waals surface area (Å²) in [7, 11) is 0. The normalized spacial score (nSPS) is 16.2. The molecule has 2 aliphatic carbocycles. The smallest absolute Gasteiger partial charge is 0.163 e. The first-order valence-electron chi connectivity index (χ1n) is 14.2. The van der Waals surface area contributed by atoms with Gasteiger partial charge in [-0.2, -0.15) is 0 Å². The maximum Gasteiger partial charge on any atom is 0.163 e. The van der Waals surface area contributed by atoms with Crippen LogP contribution < -0.4 is 0 Å². The zero-order chi connectivity index (χ0) is 27.2. The quantitative estimate of drug-likeness (QED) is 0.228. The summed E-state index contributed by atoms with van der Waals surface area (Å²) in [6.45, 7) is 0. The molecule has 2 aromatic heterocycles. The molecule has 4 nitrogen and oxygen atoms in total. The Kier molecular flexibility index (Phi) is 5.70. The first kappa shape index (κ1) is 23.8. The van der Waals surface area contributed by atoms with E-state index in [4.69, 9.17) is 19.4 Å². The molecule has 0 radical (unpaired) electrons. The van der Waals surface area contributed by atoms with Crippen LogP contribution in [0, 0.1) is 0 Å². The molecule has 2 aliphatic rings. The largest absolute Gasteiger partial charge is 0.460 e. The van der Waals surface area contributed by atoms with Crippen LogP contribution in [0.2, 0.25) is 0 Å². The van der Waals surface area contributed by atoms with Gasteiger partial charge in [0.25, 0.3) is 0 Å². The number of aromatic nitrogens is 3. The fourth-order valence-corrected chi connectivity index (χ4v) is 5.96. The van der Waals surface area contributed by atoms with Gasteiger partial charge in [-0.15, -0.1) is 0 Å². The van der Waals surface area contributed by atoms with E-state index in [2.05, 4.69) is 109 Å². The molecule has 2 heterocycles. The Morgan fingerprint density at radius 1 is 0.683 bits per heavy atom. The molecule has 4 aromatic carbocycles. The van der Waals surface area contributed by atoms with Gasteiger partial charge in [0, 0.05) is 16.5 Å². The van der Waals surface area contributed by atoms with Crippen LogP contribution in [-0.4, -0.2) is 15.0 Å². The average Bonchev–Trinajstić information content (AvgIpc) is 3.44. The van der Waals surface area contributed by atoms with Gasteiger partial charge in [-0.05, 0) is 58.9 Å². The van der Waals surface area contributed by atoms with Gasteiger partial charge in [-0.3, -0.25) is 0 Å². The van der Waals surface area contributed by atoms with Crippen LogP contribution in [-0.2, 0) is 0 Å². The maximum absolute atomic E-state index is 6.41. The van der Waals surface area contributed by atoms with Gasteiger partial charge in [0.2, 0.25) is 0 Å². The van der Waals surface area contributed by atoms with Crippen molar-refractivity contribution in [1.29, 1.82) is 0 Å². The molecular formula is C37H27N3O. The van der Waals surface area contributed by atoms with Gasteiger partial charge in [0.1, 0.15) is 17.2 Å². The second-order valence-electron chi connectivity index (χ2n) is 10.7. The predicted octanol–water partition coefficient (Wildman–Crippen LogP) is 9.39. The average molecular weight is 530 g/mol. The van der Waals surface area contributed by atoms with Crippen LogP contribution in [0.1, 0.15) is 48.2 Å². The molecule has 1 unspecified atom stereocenters. The van der Waals surface area contributed by atoms with Crippen molar-refractivity contribution in [2.75, 3.05) is 0 Å². The molecule has 0 N–H and O–H groups in total. The van der Waals surface area contributed by atoms with Gasteiger partial charge in [-0.1, -0.05) is 109 Å². The Morgan fingerprint density at radius 3 is 2.34 bits per heavy atom. The van der Waals surface area contributed by atoms with Gasteiger partial charge >= 0.3 is 0 Å². The van der Waals surface area contributed by atoms with E-state index in [1.807, 2.05) is 12.1 Å². The molecule has 6 aromatic rings. The first-order valence-corrected chi connectivity index (χ1v) is 14.2. The molecule has 196 valence electrons. The van der Waals surface area contributed by atoms with Crippen molar-refractivity contribution in [3.63, 3.8) is 0 Å². The summed E-state index contributed by atoms with van der Waals surface area (Å²) >= 11 is 0. The van der Waals surface area contributed by atoms with Crippen molar-refractivity contribution < 1.29 is 4.42 Å². The van der Waals surface area contributed by atoms with Crippen molar-refractivity contribution >= 4 is 33.4 Å². The van der Waals surface area contributed by atoms with Crippen LogP contribution in [0.3, 0.4) is 0 Å². The number of hydrogen-bond acceptors (Lipinski definition) is 4. The van der Waals surface area contributed by atoms with E-state index in [1.54, 1.807) is 0 Å². The lowest BCUT2D eigenvalue weighted by Crippen LogP contribution is -2.12. The van der Waals surface area contributed by atoms with Crippen molar-refractivity contribution in [2.24, 2.45) is 0 Å². The van der Waals surface area contributed by atoms with E-state index in [0.717, 1.165) is 64.3 Å². The summed E-state index contributed by atoms with van der Waals surface area (Å²) in [5, 5.41) is 3.61. The summed E-state index contributed by atoms with van der Waals surface area (Å²) in [5.74, 6) is 3.06. The monoisotopic (exact) mass is 529 g/mol. The minimum absolute atomic E-state index is 0.0699. The van der Waals surface area contributed by atoms with E-state index in [0.29, 0.717) is 5.82 Å². The third-order valence-corrected chi connectivity index (χ3v) is 8.13. The molecule has 0 saturated heterocycles. The van der Waals surface area contributed by atoms with Crippen LogP contribution in [0.15, 0.2) is 120 Å². The van der Waals surface area contributed by atoms with E-state index < -0.39 is 0 Å². The maximum atomic E-state index is 6.41. The number of furan rings is 1. The summed E-state index contributed by atoms with van der Waals surface area (Å²) in [4.78, 5) is 15.1. The number of para-hydroxylation sites is 1. The fraction of sp³-hybridized carbons (Fsp3) is 0.108. The van der Waals surface area contributed by atoms with E-state index >= 15 is 0 Å². The Hall–Kier alpha value is -5.09. The Bertz CT molecular complexity index is 2030. The Balaban J connectivity index is 1.22. The topological polar surface area (TPSA) is 51.8 Å². The van der Waals surface area contributed by atoms with Crippen molar-refractivity contribution in [1.82, 2.24) is 15.0 Å². The highest BCUT2D eigenvalue weighted by molar-refractivity contribution is 5.90. The second-order valence-corrected chi connectivity index (χ2v) is 10.7. The van der Waals surface area contributed by atoms with Crippen LogP contribution >= 0.6 is 0 Å². The van der Waals surface area contributed by atoms with Gasteiger partial charge < -0.3 is 4.42 Å². The van der Waals surface area contributed by atoms with Gasteiger partial charge in [-0.25, -0.2) is 15.0 Å².